The van der Waals surface area contributed by atoms with Crippen molar-refractivity contribution in [1.82, 2.24) is 0 Å². The van der Waals surface area contributed by atoms with Crippen LogP contribution in [-0.2, 0) is 4.74 Å². The third-order valence-electron chi connectivity index (χ3n) is 2.56. The molecule has 0 fully saturated rings. The van der Waals surface area contributed by atoms with Crippen LogP contribution in [-0.4, -0.2) is 39.4 Å². The molecule has 1 rings (SSSR count). The van der Waals surface area contributed by atoms with E-state index in [4.69, 9.17) is 19.9 Å². The molecule has 1 unspecified atom stereocenters. The average molecular weight is 271 g/mol. The highest BCUT2D eigenvalue weighted by atomic mass is 32.2. The van der Waals surface area contributed by atoms with Crippen LogP contribution < -0.4 is 15.2 Å². The zero-order valence-electron chi connectivity index (χ0n) is 11.1. The fourth-order valence-corrected chi connectivity index (χ4v) is 2.43. The smallest absolute Gasteiger partial charge is 0.161 e. The zero-order valence-corrected chi connectivity index (χ0v) is 12.0. The molecule has 102 valence electrons. The summed E-state index contributed by atoms with van der Waals surface area (Å²) in [7, 11) is 4.95. The molecule has 1 aromatic rings. The molecule has 0 aliphatic rings. The van der Waals surface area contributed by atoms with E-state index in [1.165, 1.54) is 0 Å². The number of ether oxygens (including phenoxy) is 3. The first-order valence-electron chi connectivity index (χ1n) is 5.77. The van der Waals surface area contributed by atoms with Crippen molar-refractivity contribution in [3.8, 4) is 11.5 Å². The minimum absolute atomic E-state index is 0.00772. The highest BCUT2D eigenvalue weighted by Crippen LogP contribution is 2.30. The van der Waals surface area contributed by atoms with E-state index < -0.39 is 0 Å². The fourth-order valence-electron chi connectivity index (χ4n) is 1.53. The number of hydrogen-bond acceptors (Lipinski definition) is 5. The van der Waals surface area contributed by atoms with Gasteiger partial charge in [0.05, 0.1) is 20.8 Å². The van der Waals surface area contributed by atoms with Gasteiger partial charge in [0.2, 0.25) is 0 Å². The lowest BCUT2D eigenvalue weighted by molar-refractivity contribution is 0.218. The summed E-state index contributed by atoms with van der Waals surface area (Å²) in [6, 6.07) is 5.78. The molecule has 0 radical (unpaired) electrons. The third kappa shape index (κ3) is 4.40. The molecule has 18 heavy (non-hydrogen) atoms. The predicted molar refractivity (Wildman–Crippen MR) is 75.7 cm³/mol. The van der Waals surface area contributed by atoms with Crippen LogP contribution in [0.25, 0.3) is 0 Å². The molecule has 0 saturated heterocycles. The second-order valence-corrected chi connectivity index (χ2v) is 4.94. The van der Waals surface area contributed by atoms with Gasteiger partial charge in [0, 0.05) is 24.7 Å². The minimum Gasteiger partial charge on any atom is -0.493 e. The summed E-state index contributed by atoms with van der Waals surface area (Å²) in [6.07, 6.45) is 0. The molecule has 0 spiro atoms. The Morgan fingerprint density at radius 2 is 1.89 bits per heavy atom. The van der Waals surface area contributed by atoms with Gasteiger partial charge in [-0.25, -0.2) is 0 Å². The van der Waals surface area contributed by atoms with E-state index in [0.29, 0.717) is 5.75 Å². The van der Waals surface area contributed by atoms with Crippen LogP contribution in [0.5, 0.6) is 11.5 Å². The zero-order chi connectivity index (χ0) is 13.4. The quantitative estimate of drug-likeness (QED) is 0.734. The maximum absolute atomic E-state index is 6.13. The van der Waals surface area contributed by atoms with Gasteiger partial charge in [-0.15, -0.1) is 0 Å². The third-order valence-corrected chi connectivity index (χ3v) is 3.62. The molecule has 0 aromatic heterocycles. The van der Waals surface area contributed by atoms with Gasteiger partial charge < -0.3 is 19.9 Å². The first-order valence-corrected chi connectivity index (χ1v) is 6.92. The van der Waals surface area contributed by atoms with E-state index >= 15 is 0 Å². The van der Waals surface area contributed by atoms with Crippen molar-refractivity contribution in [2.45, 2.75) is 6.04 Å². The van der Waals surface area contributed by atoms with E-state index in [-0.39, 0.29) is 6.04 Å². The van der Waals surface area contributed by atoms with E-state index in [0.717, 1.165) is 29.4 Å². The van der Waals surface area contributed by atoms with Gasteiger partial charge in [-0.3, -0.25) is 0 Å². The summed E-state index contributed by atoms with van der Waals surface area (Å²) in [5.74, 6) is 3.25. The van der Waals surface area contributed by atoms with Crippen LogP contribution in [0.15, 0.2) is 18.2 Å². The van der Waals surface area contributed by atoms with Gasteiger partial charge in [-0.1, -0.05) is 6.07 Å². The molecule has 0 aliphatic carbocycles. The van der Waals surface area contributed by atoms with Crippen molar-refractivity contribution in [3.63, 3.8) is 0 Å². The fraction of sp³-hybridized carbons (Fsp3) is 0.538. The highest BCUT2D eigenvalue weighted by molar-refractivity contribution is 7.99. The van der Waals surface area contributed by atoms with E-state index in [2.05, 4.69) is 0 Å². The van der Waals surface area contributed by atoms with Crippen molar-refractivity contribution in [2.24, 2.45) is 5.73 Å². The minimum atomic E-state index is -0.00772. The summed E-state index contributed by atoms with van der Waals surface area (Å²) < 4.78 is 15.5. The molecule has 2 N–H and O–H groups in total. The van der Waals surface area contributed by atoms with Crippen molar-refractivity contribution in [2.75, 3.05) is 39.4 Å². The van der Waals surface area contributed by atoms with Gasteiger partial charge in [0.1, 0.15) is 0 Å². The monoisotopic (exact) mass is 271 g/mol. The van der Waals surface area contributed by atoms with Gasteiger partial charge >= 0.3 is 0 Å². The van der Waals surface area contributed by atoms with E-state index in [9.17, 15) is 0 Å². The lowest BCUT2D eigenvalue weighted by atomic mass is 10.1. The lowest BCUT2D eigenvalue weighted by Gasteiger charge is -2.14. The maximum Gasteiger partial charge on any atom is 0.161 e. The number of rotatable bonds is 8. The second-order valence-electron chi connectivity index (χ2n) is 3.79. The molecule has 0 heterocycles. The summed E-state index contributed by atoms with van der Waals surface area (Å²) in [5.41, 5.74) is 7.19. The normalized spacial score (nSPS) is 12.2. The standard InChI is InChI=1S/C13H21NO3S/c1-15-6-7-18-9-11(14)10-4-5-12(16-2)13(8-10)17-3/h4-5,8,11H,6-7,9,14H2,1-3H3. The van der Waals surface area contributed by atoms with E-state index in [1.807, 2.05) is 18.2 Å². The first kappa shape index (κ1) is 15.1. The Hall–Kier alpha value is -0.910. The average Bonchev–Trinajstić information content (AvgIpc) is 2.42. The van der Waals surface area contributed by atoms with Crippen molar-refractivity contribution in [1.29, 1.82) is 0 Å². The molecule has 4 nitrogen and oxygen atoms in total. The number of nitrogens with two attached hydrogens (primary N) is 1. The molecule has 0 saturated carbocycles. The summed E-state index contributed by atoms with van der Waals surface area (Å²) >= 11 is 1.78. The molecule has 0 amide bonds. The van der Waals surface area contributed by atoms with Crippen molar-refractivity contribution >= 4 is 11.8 Å². The van der Waals surface area contributed by atoms with Crippen LogP contribution in [0.1, 0.15) is 11.6 Å². The van der Waals surface area contributed by atoms with Gasteiger partial charge in [-0.2, -0.15) is 11.8 Å². The Morgan fingerprint density at radius 1 is 1.17 bits per heavy atom. The molecule has 0 bridgehead atoms. The number of thioether (sulfide) groups is 1. The van der Waals surface area contributed by atoms with Crippen LogP contribution in [0.3, 0.4) is 0 Å². The number of hydrogen-bond donors (Lipinski definition) is 1. The SMILES string of the molecule is COCCSCC(N)c1ccc(OC)c(OC)c1. The highest BCUT2D eigenvalue weighted by Gasteiger charge is 2.10. The van der Waals surface area contributed by atoms with Crippen molar-refractivity contribution < 1.29 is 14.2 Å². The molecule has 5 heteroatoms. The van der Waals surface area contributed by atoms with Gasteiger partial charge in [-0.05, 0) is 17.7 Å². The van der Waals surface area contributed by atoms with Crippen molar-refractivity contribution in [3.05, 3.63) is 23.8 Å². The molecular formula is C13H21NO3S. The second kappa shape index (κ2) is 8.24. The Morgan fingerprint density at radius 3 is 2.50 bits per heavy atom. The first-order chi connectivity index (χ1) is 8.72. The Bertz CT molecular complexity index is 360. The molecule has 0 aliphatic heterocycles. The van der Waals surface area contributed by atoms with Crippen LogP contribution >= 0.6 is 11.8 Å². The summed E-state index contributed by atoms with van der Waals surface area (Å²) in [5, 5.41) is 0. The van der Waals surface area contributed by atoms with Crippen LogP contribution in [0, 0.1) is 0 Å². The number of methoxy groups -OCH3 is 3. The van der Waals surface area contributed by atoms with E-state index in [1.54, 1.807) is 33.1 Å². The Kier molecular flexibility index (Phi) is 6.93. The van der Waals surface area contributed by atoms with Gasteiger partial charge in [0.15, 0.2) is 11.5 Å². The summed E-state index contributed by atoms with van der Waals surface area (Å²) in [4.78, 5) is 0. The molecule has 1 aromatic carbocycles. The topological polar surface area (TPSA) is 53.7 Å². The molecular weight excluding hydrogens is 250 g/mol. The Labute approximate surface area is 113 Å². The number of benzene rings is 1. The summed E-state index contributed by atoms with van der Waals surface area (Å²) in [6.45, 7) is 0.753. The predicted octanol–water partition coefficient (Wildman–Crippen LogP) is 2.08. The maximum atomic E-state index is 6.13. The lowest BCUT2D eigenvalue weighted by Crippen LogP contribution is -2.14. The molecule has 1 atom stereocenters. The van der Waals surface area contributed by atoms with Crippen LogP contribution in [0.4, 0.5) is 0 Å². The largest absolute Gasteiger partial charge is 0.493 e. The van der Waals surface area contributed by atoms with Gasteiger partial charge in [0.25, 0.3) is 0 Å². The van der Waals surface area contributed by atoms with Crippen LogP contribution in [0.2, 0.25) is 0 Å². The Balaban J connectivity index is 2.59.